The summed E-state index contributed by atoms with van der Waals surface area (Å²) in [6.07, 6.45) is 0. The first-order valence-corrected chi connectivity index (χ1v) is 11.6. The summed E-state index contributed by atoms with van der Waals surface area (Å²) < 4.78 is 1.95. The molecule has 5 rings (SSSR count). The molecule has 0 radical (unpaired) electrons. The van der Waals surface area contributed by atoms with E-state index in [0.717, 1.165) is 55.4 Å². The minimum Gasteiger partial charge on any atom is -0.312 e. The van der Waals surface area contributed by atoms with Crippen molar-refractivity contribution in [3.8, 4) is 0 Å². The highest BCUT2D eigenvalue weighted by Gasteiger charge is 2.26. The Bertz CT molecular complexity index is 1210. The van der Waals surface area contributed by atoms with Gasteiger partial charge in [-0.15, -0.1) is 0 Å². The third-order valence-corrected chi connectivity index (χ3v) is 7.09. The first kappa shape index (κ1) is 19.0. The Kier molecular flexibility index (Phi) is 5.26. The molecule has 0 bridgehead atoms. The van der Waals surface area contributed by atoms with Crippen LogP contribution in [0.2, 0.25) is 0 Å². The fraction of sp³-hybridized carbons (Fsp3) is 0.130. The Morgan fingerprint density at radius 3 is 2.55 bits per heavy atom. The summed E-state index contributed by atoms with van der Waals surface area (Å²) in [5.74, 6) is 0.898. The van der Waals surface area contributed by atoms with Crippen molar-refractivity contribution < 1.29 is 0 Å². The molecule has 144 valence electrons. The third-order valence-electron chi connectivity index (χ3n) is 5.07. The van der Waals surface area contributed by atoms with E-state index in [2.05, 4.69) is 86.4 Å². The minimum absolute atomic E-state index is 0.760. The number of hydrogen-bond donors (Lipinski definition) is 0. The molecule has 1 aliphatic rings. The van der Waals surface area contributed by atoms with Crippen LogP contribution < -0.4 is 4.90 Å². The lowest BCUT2D eigenvalue weighted by atomic mass is 10.1. The largest absolute Gasteiger partial charge is 0.312 e. The second kappa shape index (κ2) is 8.03. The predicted octanol–water partition coefficient (Wildman–Crippen LogP) is 6.41. The van der Waals surface area contributed by atoms with Crippen LogP contribution in [-0.2, 0) is 6.54 Å². The molecular weight excluding hydrogens is 462 g/mol. The van der Waals surface area contributed by atoms with E-state index in [1.165, 1.54) is 5.56 Å². The summed E-state index contributed by atoms with van der Waals surface area (Å²) in [7, 11) is 0. The first-order chi connectivity index (χ1) is 14.2. The number of fused-ring (bicyclic) bond motifs is 2. The number of rotatable bonds is 3. The number of nitrogens with zero attached hydrogens (tertiary/aromatic N) is 3. The normalized spacial score (nSPS) is 15.3. The number of thiocarbonyl (C=S) groups is 1. The van der Waals surface area contributed by atoms with E-state index in [9.17, 15) is 0 Å². The molecule has 3 nitrogen and oxygen atoms in total. The molecule has 6 heteroatoms. The molecule has 0 N–H and O–H groups in total. The van der Waals surface area contributed by atoms with E-state index in [4.69, 9.17) is 17.2 Å². The van der Waals surface area contributed by atoms with Crippen molar-refractivity contribution in [2.75, 3.05) is 17.4 Å². The maximum Gasteiger partial charge on any atom is 0.143 e. The van der Waals surface area contributed by atoms with Crippen LogP contribution in [-0.4, -0.2) is 26.7 Å². The highest BCUT2D eigenvalue weighted by Crippen LogP contribution is 2.38. The first-order valence-electron chi connectivity index (χ1n) is 9.37. The molecule has 4 aromatic rings. The Balaban J connectivity index is 1.62. The van der Waals surface area contributed by atoms with Gasteiger partial charge < -0.3 is 4.90 Å². The van der Waals surface area contributed by atoms with Crippen molar-refractivity contribution >= 4 is 71.7 Å². The van der Waals surface area contributed by atoms with Crippen LogP contribution >= 0.6 is 39.9 Å². The van der Waals surface area contributed by atoms with Gasteiger partial charge in [0.2, 0.25) is 0 Å². The van der Waals surface area contributed by atoms with Gasteiger partial charge in [0.05, 0.1) is 29.3 Å². The van der Waals surface area contributed by atoms with Crippen LogP contribution in [0.1, 0.15) is 5.56 Å². The van der Waals surface area contributed by atoms with E-state index in [1.807, 2.05) is 12.1 Å². The Hall–Kier alpha value is -1.99. The highest BCUT2D eigenvalue weighted by atomic mass is 79.9. The number of pyridine rings is 1. The van der Waals surface area contributed by atoms with Gasteiger partial charge in [-0.2, -0.15) is 0 Å². The molecule has 0 atom stereocenters. The lowest BCUT2D eigenvalue weighted by molar-refractivity contribution is 0.321. The van der Waals surface area contributed by atoms with Gasteiger partial charge in [-0.25, -0.2) is 4.98 Å². The second-order valence-electron chi connectivity index (χ2n) is 7.06. The van der Waals surface area contributed by atoms with Gasteiger partial charge in [0.15, 0.2) is 0 Å². The van der Waals surface area contributed by atoms with E-state index in [-0.39, 0.29) is 0 Å². The van der Waals surface area contributed by atoms with E-state index in [0.29, 0.717) is 0 Å². The Morgan fingerprint density at radius 2 is 1.69 bits per heavy atom. The molecule has 0 unspecified atom stereocenters. The van der Waals surface area contributed by atoms with Crippen LogP contribution in [0.4, 0.5) is 5.69 Å². The molecule has 0 saturated carbocycles. The van der Waals surface area contributed by atoms with Gasteiger partial charge in [0.25, 0.3) is 0 Å². The fourth-order valence-corrected chi connectivity index (χ4v) is 5.19. The minimum atomic E-state index is 0.760. The van der Waals surface area contributed by atoms with Gasteiger partial charge >= 0.3 is 0 Å². The van der Waals surface area contributed by atoms with E-state index in [1.54, 1.807) is 11.8 Å². The van der Waals surface area contributed by atoms with Crippen LogP contribution in [0, 0.1) is 0 Å². The summed E-state index contributed by atoms with van der Waals surface area (Å²) in [4.78, 5) is 9.57. The number of anilines is 1. The Labute approximate surface area is 187 Å². The molecule has 1 aliphatic heterocycles. The predicted molar refractivity (Wildman–Crippen MR) is 131 cm³/mol. The Morgan fingerprint density at radius 1 is 0.931 bits per heavy atom. The van der Waals surface area contributed by atoms with Crippen LogP contribution in [0.15, 0.2) is 77.3 Å². The summed E-state index contributed by atoms with van der Waals surface area (Å²) in [6, 6.07) is 25.2. The zero-order valence-electron chi connectivity index (χ0n) is 15.6. The molecule has 1 aromatic heterocycles. The number of thioether (sulfide) groups is 1. The van der Waals surface area contributed by atoms with Crippen molar-refractivity contribution in [1.82, 2.24) is 9.88 Å². The standard InChI is InChI=1S/C23H18BrN3S2/c24-17-10-11-21-19(12-17)22(18-8-4-5-9-20(18)25-21)27-14-26(15-29-23(27)28)13-16-6-2-1-3-7-16/h1-12H,13-15H2. The topological polar surface area (TPSA) is 19.4 Å². The molecule has 3 aromatic carbocycles. The molecule has 1 saturated heterocycles. The molecule has 29 heavy (non-hydrogen) atoms. The van der Waals surface area contributed by atoms with Gasteiger partial charge in [-0.05, 0) is 29.8 Å². The molecule has 1 fully saturated rings. The van der Waals surface area contributed by atoms with Crippen LogP contribution in [0.3, 0.4) is 0 Å². The smallest absolute Gasteiger partial charge is 0.143 e. The maximum atomic E-state index is 5.82. The lowest BCUT2D eigenvalue weighted by Crippen LogP contribution is -2.44. The summed E-state index contributed by atoms with van der Waals surface area (Å²) in [6.45, 7) is 1.66. The number of halogens is 1. The quantitative estimate of drug-likeness (QED) is 0.249. The SMILES string of the molecule is S=C1SCN(Cc2ccccc2)CN1c1c2ccccc2nc2ccc(Br)cc12. The molecule has 0 spiro atoms. The van der Waals surface area contributed by atoms with Crippen molar-refractivity contribution in [1.29, 1.82) is 0 Å². The van der Waals surface area contributed by atoms with Crippen molar-refractivity contribution in [2.45, 2.75) is 6.54 Å². The van der Waals surface area contributed by atoms with Gasteiger partial charge in [-0.3, -0.25) is 4.90 Å². The average Bonchev–Trinajstić information content (AvgIpc) is 2.74. The third kappa shape index (κ3) is 3.78. The van der Waals surface area contributed by atoms with Crippen molar-refractivity contribution in [3.05, 3.63) is 82.8 Å². The van der Waals surface area contributed by atoms with Crippen LogP contribution in [0.25, 0.3) is 21.8 Å². The van der Waals surface area contributed by atoms with Crippen LogP contribution in [0.5, 0.6) is 0 Å². The maximum absolute atomic E-state index is 5.82. The zero-order chi connectivity index (χ0) is 19.8. The summed E-state index contributed by atoms with van der Waals surface area (Å²) in [5.41, 5.74) is 4.43. The number of aromatic nitrogens is 1. The zero-order valence-corrected chi connectivity index (χ0v) is 18.8. The van der Waals surface area contributed by atoms with Crippen molar-refractivity contribution in [2.24, 2.45) is 0 Å². The van der Waals surface area contributed by atoms with Crippen molar-refractivity contribution in [3.63, 3.8) is 0 Å². The molecule has 0 aliphatic carbocycles. The molecular formula is C23H18BrN3S2. The van der Waals surface area contributed by atoms with E-state index < -0.39 is 0 Å². The highest BCUT2D eigenvalue weighted by molar-refractivity contribution is 9.10. The second-order valence-corrected chi connectivity index (χ2v) is 9.56. The molecule has 0 amide bonds. The van der Waals surface area contributed by atoms with Gasteiger partial charge in [-0.1, -0.05) is 88.4 Å². The number of para-hydroxylation sites is 1. The van der Waals surface area contributed by atoms with E-state index >= 15 is 0 Å². The number of hydrogen-bond acceptors (Lipinski definition) is 4. The monoisotopic (exact) mass is 479 g/mol. The lowest BCUT2D eigenvalue weighted by Gasteiger charge is -2.37. The summed E-state index contributed by atoms with van der Waals surface area (Å²) in [5, 5.41) is 2.24. The fourth-order valence-electron chi connectivity index (χ4n) is 3.75. The van der Waals surface area contributed by atoms with Gasteiger partial charge in [0, 0.05) is 21.8 Å². The van der Waals surface area contributed by atoms with Gasteiger partial charge in [0.1, 0.15) is 4.32 Å². The summed E-state index contributed by atoms with van der Waals surface area (Å²) >= 11 is 11.2. The average molecular weight is 480 g/mol. The number of benzene rings is 3. The molecule has 2 heterocycles.